The van der Waals surface area contributed by atoms with E-state index in [9.17, 15) is 51.1 Å². The van der Waals surface area contributed by atoms with E-state index in [0.29, 0.717) is 0 Å². The van der Waals surface area contributed by atoms with Crippen LogP contribution in [-0.2, 0) is 12.2 Å². The van der Waals surface area contributed by atoms with Crippen LogP contribution in [0.25, 0.3) is 0 Å². The number of aliphatic hydroxyl groups excluding tert-OH is 2. The molecule has 3 aliphatic heterocycles. The van der Waals surface area contributed by atoms with E-state index in [2.05, 4.69) is 0 Å². The first-order valence-electron chi connectivity index (χ1n) is 13.0. The van der Waals surface area contributed by atoms with Crippen LogP contribution in [0.1, 0.15) is 39.8 Å². The molecule has 0 amide bonds. The maximum Gasteiger partial charge on any atom is 0.305 e. The number of hydrogen-bond donors (Lipinski definition) is 10. The van der Waals surface area contributed by atoms with E-state index < -0.39 is 64.5 Å². The molecule has 0 aliphatic carbocycles. The van der Waals surface area contributed by atoms with Crippen LogP contribution in [0.2, 0.25) is 0 Å². The summed E-state index contributed by atoms with van der Waals surface area (Å²) in [4.78, 5) is 0. The number of ether oxygens (including phenoxy) is 3. The van der Waals surface area contributed by atoms with Gasteiger partial charge in [0, 0.05) is 46.9 Å². The third kappa shape index (κ3) is 3.65. The molecule has 0 fully saturated rings. The molecular weight excluding hydrogens is 568 g/mol. The van der Waals surface area contributed by atoms with Gasteiger partial charge in [-0.2, -0.15) is 0 Å². The zero-order valence-corrected chi connectivity index (χ0v) is 21.8. The first kappa shape index (κ1) is 26.5. The molecule has 3 aliphatic rings. The molecule has 0 unspecified atom stereocenters. The van der Waals surface area contributed by atoms with Crippen molar-refractivity contribution in [3.05, 3.63) is 76.3 Å². The number of aromatic hydroxyl groups is 8. The molecule has 13 heteroatoms. The van der Waals surface area contributed by atoms with E-state index in [-0.39, 0.29) is 63.0 Å². The Hall–Kier alpha value is -5.40. The maximum absolute atomic E-state index is 11.9. The number of aliphatic hydroxyl groups is 2. The van der Waals surface area contributed by atoms with Crippen molar-refractivity contribution in [1.29, 1.82) is 0 Å². The number of hydrogen-bond acceptors (Lipinski definition) is 13. The van der Waals surface area contributed by atoms with Crippen molar-refractivity contribution in [2.45, 2.75) is 36.4 Å². The fourth-order valence-corrected chi connectivity index (χ4v) is 6.16. The van der Waals surface area contributed by atoms with Crippen LogP contribution >= 0.6 is 0 Å². The highest BCUT2D eigenvalue weighted by molar-refractivity contribution is 5.68. The highest BCUT2D eigenvalue weighted by atomic mass is 16.7. The minimum absolute atomic E-state index is 0.00718. The SMILES string of the molecule is Oc1cc(O)c2c(c1)O[C@@]1(c3cc(O)c(O)c(O)c3)Oc3cc(O)c4c(c3[C@@H]2[C@H]1O)O[C@H](c1ccc(O)c(O)c1)[C@@H](O)C4. The fraction of sp³-hybridized carbons (Fsp3) is 0.200. The second-order valence-corrected chi connectivity index (χ2v) is 10.7. The standard InChI is InChI=1S/C30H24O13/c31-12-6-17(35)23-21(7-12)42-30(11-4-18(36)26(39)19(37)5-11)29(40)25(23)24-22(43-30)9-15(33)13-8-20(38)27(41-28(13)24)10-1-2-14(32)16(34)3-10/h1-7,9,20,25,27,29,31-40H,8H2/t20-,25+,27+,29+,30-/m0/s1. The lowest BCUT2D eigenvalue weighted by molar-refractivity contribution is -0.219. The third-order valence-electron chi connectivity index (χ3n) is 8.12. The van der Waals surface area contributed by atoms with Crippen LogP contribution < -0.4 is 14.2 Å². The van der Waals surface area contributed by atoms with Gasteiger partial charge in [0.05, 0.1) is 12.0 Å². The van der Waals surface area contributed by atoms with Crippen molar-refractivity contribution in [1.82, 2.24) is 0 Å². The number of phenols is 8. The topological polar surface area (TPSA) is 230 Å². The number of fused-ring (bicyclic) bond motifs is 8. The van der Waals surface area contributed by atoms with Gasteiger partial charge in [0.15, 0.2) is 28.7 Å². The summed E-state index contributed by atoms with van der Waals surface area (Å²) in [6, 6.07) is 9.25. The fourth-order valence-electron chi connectivity index (χ4n) is 6.16. The lowest BCUT2D eigenvalue weighted by Gasteiger charge is -2.50. The summed E-state index contributed by atoms with van der Waals surface area (Å²) in [5.74, 6) is -8.15. The molecule has 0 saturated carbocycles. The van der Waals surface area contributed by atoms with Crippen molar-refractivity contribution >= 4 is 0 Å². The van der Waals surface area contributed by atoms with Crippen molar-refractivity contribution in [2.75, 3.05) is 0 Å². The van der Waals surface area contributed by atoms with Gasteiger partial charge in [0.25, 0.3) is 0 Å². The molecule has 13 nitrogen and oxygen atoms in total. The quantitative estimate of drug-likeness (QED) is 0.151. The van der Waals surface area contributed by atoms with Crippen molar-refractivity contribution in [3.63, 3.8) is 0 Å². The van der Waals surface area contributed by atoms with E-state index in [4.69, 9.17) is 14.2 Å². The van der Waals surface area contributed by atoms with Crippen LogP contribution in [0.4, 0.5) is 0 Å². The van der Waals surface area contributed by atoms with E-state index in [1.165, 1.54) is 24.3 Å². The van der Waals surface area contributed by atoms with Crippen LogP contribution in [-0.4, -0.2) is 63.3 Å². The van der Waals surface area contributed by atoms with Gasteiger partial charge in [-0.1, -0.05) is 6.07 Å². The van der Waals surface area contributed by atoms with Crippen LogP contribution in [0.5, 0.6) is 63.2 Å². The summed E-state index contributed by atoms with van der Waals surface area (Å²) in [5.41, 5.74) is 0.419. The van der Waals surface area contributed by atoms with Gasteiger partial charge < -0.3 is 65.3 Å². The summed E-state index contributed by atoms with van der Waals surface area (Å²) in [7, 11) is 0. The molecule has 7 rings (SSSR count). The minimum atomic E-state index is -2.26. The summed E-state index contributed by atoms with van der Waals surface area (Å²) in [6.45, 7) is 0. The molecule has 4 aromatic rings. The number of benzene rings is 4. The van der Waals surface area contributed by atoms with Crippen LogP contribution in [0.3, 0.4) is 0 Å². The Labute approximate surface area is 241 Å². The summed E-state index contributed by atoms with van der Waals surface area (Å²) in [5, 5.41) is 105. The Morgan fingerprint density at radius 1 is 0.651 bits per heavy atom. The van der Waals surface area contributed by atoms with Gasteiger partial charge in [-0.25, -0.2) is 0 Å². The molecule has 5 atom stereocenters. The van der Waals surface area contributed by atoms with Gasteiger partial charge in [-0.05, 0) is 29.8 Å². The average molecular weight is 593 g/mol. The Morgan fingerprint density at radius 2 is 1.33 bits per heavy atom. The molecule has 2 bridgehead atoms. The normalized spacial score (nSPS) is 24.9. The Balaban J connectivity index is 1.48. The number of phenolic OH excluding ortho intramolecular Hbond substituents is 8. The predicted octanol–water partition coefficient (Wildman–Crippen LogP) is 2.50. The summed E-state index contributed by atoms with van der Waals surface area (Å²) < 4.78 is 18.5. The Bertz CT molecular complexity index is 1810. The molecule has 3 heterocycles. The second kappa shape index (κ2) is 8.80. The maximum atomic E-state index is 11.9. The largest absolute Gasteiger partial charge is 0.508 e. The second-order valence-electron chi connectivity index (χ2n) is 10.7. The Morgan fingerprint density at radius 3 is 2.00 bits per heavy atom. The summed E-state index contributed by atoms with van der Waals surface area (Å²) >= 11 is 0. The molecule has 43 heavy (non-hydrogen) atoms. The molecule has 4 aromatic carbocycles. The lowest BCUT2D eigenvalue weighted by atomic mass is 9.74. The van der Waals surface area contributed by atoms with Gasteiger partial charge in [0.2, 0.25) is 0 Å². The van der Waals surface area contributed by atoms with E-state index >= 15 is 0 Å². The zero-order valence-electron chi connectivity index (χ0n) is 21.8. The highest BCUT2D eigenvalue weighted by Gasteiger charge is 2.60. The van der Waals surface area contributed by atoms with Gasteiger partial charge >= 0.3 is 5.79 Å². The minimum Gasteiger partial charge on any atom is -0.508 e. The van der Waals surface area contributed by atoms with E-state index in [1.54, 1.807) is 0 Å². The summed E-state index contributed by atoms with van der Waals surface area (Å²) in [6.07, 6.45) is -4.22. The van der Waals surface area contributed by atoms with Crippen molar-refractivity contribution in [3.8, 4) is 63.2 Å². The van der Waals surface area contributed by atoms with E-state index in [1.807, 2.05) is 0 Å². The third-order valence-corrected chi connectivity index (χ3v) is 8.12. The molecular formula is C30H24O13. The molecule has 0 spiro atoms. The predicted molar refractivity (Wildman–Crippen MR) is 143 cm³/mol. The van der Waals surface area contributed by atoms with Gasteiger partial charge in [-0.15, -0.1) is 0 Å². The van der Waals surface area contributed by atoms with Crippen molar-refractivity contribution in [2.24, 2.45) is 0 Å². The first-order valence-corrected chi connectivity index (χ1v) is 13.0. The molecule has 0 radical (unpaired) electrons. The Kier molecular flexibility index (Phi) is 5.42. The smallest absolute Gasteiger partial charge is 0.305 e. The molecule has 0 saturated heterocycles. The van der Waals surface area contributed by atoms with Gasteiger partial charge in [0.1, 0.15) is 46.7 Å². The molecule has 222 valence electrons. The molecule has 10 N–H and O–H groups in total. The number of rotatable bonds is 2. The van der Waals surface area contributed by atoms with Crippen molar-refractivity contribution < 1.29 is 65.3 Å². The van der Waals surface area contributed by atoms with Crippen LogP contribution in [0.15, 0.2) is 48.5 Å². The monoisotopic (exact) mass is 592 g/mol. The zero-order chi connectivity index (χ0) is 30.5. The van der Waals surface area contributed by atoms with Gasteiger partial charge in [-0.3, -0.25) is 0 Å². The highest BCUT2D eigenvalue weighted by Crippen LogP contribution is 2.62. The average Bonchev–Trinajstić information content (AvgIpc) is 2.93. The first-order chi connectivity index (χ1) is 20.4. The van der Waals surface area contributed by atoms with Crippen LogP contribution in [0, 0.1) is 0 Å². The molecule has 0 aromatic heterocycles. The lowest BCUT2D eigenvalue weighted by Crippen LogP contribution is -2.57. The van der Waals surface area contributed by atoms with E-state index in [0.717, 1.165) is 24.3 Å².